The largest absolute Gasteiger partial charge is 0.245 e. The Morgan fingerprint density at radius 2 is 1.80 bits per heavy atom. The zero-order valence-electron chi connectivity index (χ0n) is 10.4. The first-order chi connectivity index (χ1) is 9.78. The first kappa shape index (κ1) is 12.9. The van der Waals surface area contributed by atoms with E-state index in [9.17, 15) is 5.26 Å². The number of hydrogen-bond acceptors (Lipinski definition) is 3. The Balaban J connectivity index is 2.15. The van der Waals surface area contributed by atoms with E-state index in [0.717, 1.165) is 21.7 Å². The van der Waals surface area contributed by atoms with Crippen LogP contribution in [0.15, 0.2) is 54.0 Å². The second kappa shape index (κ2) is 5.46. The van der Waals surface area contributed by atoms with E-state index in [2.05, 4.69) is 11.1 Å². The van der Waals surface area contributed by atoms with Crippen LogP contribution in [0.3, 0.4) is 0 Å². The first-order valence-corrected chi connectivity index (χ1v) is 7.23. The van der Waals surface area contributed by atoms with E-state index >= 15 is 0 Å². The lowest BCUT2D eigenvalue weighted by molar-refractivity contribution is 1.41. The molecule has 0 bridgehead atoms. The molecule has 0 aliphatic carbocycles. The molecule has 0 spiro atoms. The Morgan fingerprint density at radius 3 is 2.45 bits per heavy atom. The minimum absolute atomic E-state index is 0.646. The SMILES string of the molecule is N#Cc1ccc(-c2nccs2)cc1-c1ccc(Cl)cc1. The van der Waals surface area contributed by atoms with Gasteiger partial charge in [0.1, 0.15) is 5.01 Å². The van der Waals surface area contributed by atoms with Gasteiger partial charge in [0.15, 0.2) is 0 Å². The standard InChI is InChI=1S/C16H9ClN2S/c17-14-5-3-11(4-6-14)15-9-12(1-2-13(15)10-18)16-19-7-8-20-16/h1-9H. The highest BCUT2D eigenvalue weighted by molar-refractivity contribution is 7.13. The van der Waals surface area contributed by atoms with Crippen LogP contribution in [-0.4, -0.2) is 4.98 Å². The van der Waals surface area contributed by atoms with Crippen molar-refractivity contribution in [1.29, 1.82) is 5.26 Å². The number of rotatable bonds is 2. The number of benzene rings is 2. The summed E-state index contributed by atoms with van der Waals surface area (Å²) < 4.78 is 0. The smallest absolute Gasteiger partial charge is 0.123 e. The molecule has 1 heterocycles. The summed E-state index contributed by atoms with van der Waals surface area (Å²) in [6.45, 7) is 0. The van der Waals surface area contributed by atoms with Crippen molar-refractivity contribution in [2.24, 2.45) is 0 Å². The minimum atomic E-state index is 0.646. The van der Waals surface area contributed by atoms with Gasteiger partial charge in [0.2, 0.25) is 0 Å². The van der Waals surface area contributed by atoms with Gasteiger partial charge < -0.3 is 0 Å². The molecule has 0 fully saturated rings. The Kier molecular flexibility index (Phi) is 3.51. The lowest BCUT2D eigenvalue weighted by Crippen LogP contribution is -1.86. The van der Waals surface area contributed by atoms with Gasteiger partial charge in [0, 0.05) is 27.7 Å². The van der Waals surface area contributed by atoms with Crippen LogP contribution in [0.2, 0.25) is 5.02 Å². The maximum atomic E-state index is 9.27. The molecule has 3 aromatic rings. The molecule has 0 unspecified atom stereocenters. The third-order valence-electron chi connectivity index (χ3n) is 2.97. The van der Waals surface area contributed by atoms with E-state index in [1.165, 1.54) is 0 Å². The van der Waals surface area contributed by atoms with Gasteiger partial charge >= 0.3 is 0 Å². The van der Waals surface area contributed by atoms with Crippen molar-refractivity contribution >= 4 is 22.9 Å². The van der Waals surface area contributed by atoms with Gasteiger partial charge in [0.05, 0.1) is 11.6 Å². The molecule has 0 atom stereocenters. The van der Waals surface area contributed by atoms with Crippen molar-refractivity contribution in [3.8, 4) is 27.8 Å². The fourth-order valence-electron chi connectivity index (χ4n) is 2.01. The normalized spacial score (nSPS) is 10.2. The average molecular weight is 297 g/mol. The second-order valence-electron chi connectivity index (χ2n) is 4.22. The Labute approximate surface area is 125 Å². The Morgan fingerprint density at radius 1 is 1.05 bits per heavy atom. The Hall–Kier alpha value is -2.15. The molecule has 96 valence electrons. The molecule has 20 heavy (non-hydrogen) atoms. The maximum Gasteiger partial charge on any atom is 0.123 e. The van der Waals surface area contributed by atoms with Crippen LogP contribution in [0.5, 0.6) is 0 Å². The molecule has 0 N–H and O–H groups in total. The summed E-state index contributed by atoms with van der Waals surface area (Å²) in [6.07, 6.45) is 1.78. The molecule has 4 heteroatoms. The summed E-state index contributed by atoms with van der Waals surface area (Å²) in [4.78, 5) is 4.31. The molecule has 0 aliphatic heterocycles. The van der Waals surface area contributed by atoms with Crippen LogP contribution < -0.4 is 0 Å². The topological polar surface area (TPSA) is 36.7 Å². The van der Waals surface area contributed by atoms with Crippen molar-refractivity contribution in [1.82, 2.24) is 4.98 Å². The van der Waals surface area contributed by atoms with Crippen molar-refractivity contribution in [2.45, 2.75) is 0 Å². The van der Waals surface area contributed by atoms with E-state index in [-0.39, 0.29) is 0 Å². The summed E-state index contributed by atoms with van der Waals surface area (Å²) in [5.74, 6) is 0. The van der Waals surface area contributed by atoms with Gasteiger partial charge in [-0.2, -0.15) is 5.26 Å². The molecule has 0 radical (unpaired) electrons. The van der Waals surface area contributed by atoms with Gasteiger partial charge in [-0.3, -0.25) is 0 Å². The summed E-state index contributed by atoms with van der Waals surface area (Å²) in [5, 5.41) is 12.8. The number of nitriles is 1. The quantitative estimate of drug-likeness (QED) is 0.667. The van der Waals surface area contributed by atoms with Crippen LogP contribution >= 0.6 is 22.9 Å². The number of halogens is 1. The number of hydrogen-bond donors (Lipinski definition) is 0. The van der Waals surface area contributed by atoms with E-state index in [4.69, 9.17) is 11.6 Å². The van der Waals surface area contributed by atoms with Gasteiger partial charge in [-0.15, -0.1) is 11.3 Å². The predicted molar refractivity (Wildman–Crippen MR) is 82.7 cm³/mol. The number of nitrogens with zero attached hydrogens (tertiary/aromatic N) is 2. The van der Waals surface area contributed by atoms with Crippen LogP contribution in [-0.2, 0) is 0 Å². The Bertz CT molecular complexity index is 771. The molecule has 0 saturated carbocycles. The molecule has 2 nitrogen and oxygen atoms in total. The highest BCUT2D eigenvalue weighted by Crippen LogP contribution is 2.30. The molecule has 0 saturated heterocycles. The monoisotopic (exact) mass is 296 g/mol. The third kappa shape index (κ3) is 2.44. The van der Waals surface area contributed by atoms with Crippen molar-refractivity contribution in [3.05, 3.63) is 64.6 Å². The van der Waals surface area contributed by atoms with Gasteiger partial charge in [-0.25, -0.2) is 4.98 Å². The van der Waals surface area contributed by atoms with Crippen LogP contribution in [0.1, 0.15) is 5.56 Å². The third-order valence-corrected chi connectivity index (χ3v) is 4.05. The number of aromatic nitrogens is 1. The second-order valence-corrected chi connectivity index (χ2v) is 5.55. The van der Waals surface area contributed by atoms with E-state index in [1.807, 2.05) is 47.8 Å². The lowest BCUT2D eigenvalue weighted by Gasteiger charge is -2.06. The summed E-state index contributed by atoms with van der Waals surface area (Å²) in [7, 11) is 0. The fraction of sp³-hybridized carbons (Fsp3) is 0. The molecule has 0 amide bonds. The van der Waals surface area contributed by atoms with Crippen LogP contribution in [0.25, 0.3) is 21.7 Å². The van der Waals surface area contributed by atoms with Crippen LogP contribution in [0.4, 0.5) is 0 Å². The summed E-state index contributed by atoms with van der Waals surface area (Å²) in [5.41, 5.74) is 3.54. The maximum absolute atomic E-state index is 9.27. The molecule has 0 aliphatic rings. The highest BCUT2D eigenvalue weighted by Gasteiger charge is 2.08. The summed E-state index contributed by atoms with van der Waals surface area (Å²) >= 11 is 7.49. The van der Waals surface area contributed by atoms with Crippen molar-refractivity contribution in [2.75, 3.05) is 0 Å². The molecular weight excluding hydrogens is 288 g/mol. The first-order valence-electron chi connectivity index (χ1n) is 5.98. The molecule has 3 rings (SSSR count). The van der Waals surface area contributed by atoms with Crippen molar-refractivity contribution < 1.29 is 0 Å². The minimum Gasteiger partial charge on any atom is -0.245 e. The fourth-order valence-corrected chi connectivity index (χ4v) is 2.77. The average Bonchev–Trinajstić information content (AvgIpc) is 3.02. The zero-order chi connectivity index (χ0) is 13.9. The molecule has 2 aromatic carbocycles. The van der Waals surface area contributed by atoms with Gasteiger partial charge in [0.25, 0.3) is 0 Å². The molecular formula is C16H9ClN2S. The summed E-state index contributed by atoms with van der Waals surface area (Å²) in [6, 6.07) is 15.5. The van der Waals surface area contributed by atoms with Crippen molar-refractivity contribution in [3.63, 3.8) is 0 Å². The molecule has 1 aromatic heterocycles. The van der Waals surface area contributed by atoms with Crippen LogP contribution in [0, 0.1) is 11.3 Å². The highest BCUT2D eigenvalue weighted by atomic mass is 35.5. The lowest BCUT2D eigenvalue weighted by atomic mass is 9.98. The van der Waals surface area contributed by atoms with Gasteiger partial charge in [-0.1, -0.05) is 29.8 Å². The van der Waals surface area contributed by atoms with E-state index in [1.54, 1.807) is 17.5 Å². The number of thiazole rings is 1. The predicted octanol–water partition coefficient (Wildman–Crippen LogP) is 5.00. The zero-order valence-corrected chi connectivity index (χ0v) is 11.9. The van der Waals surface area contributed by atoms with Gasteiger partial charge in [-0.05, 0) is 29.8 Å². The van der Waals surface area contributed by atoms with E-state index in [0.29, 0.717) is 10.6 Å². The van der Waals surface area contributed by atoms with E-state index < -0.39 is 0 Å².